The van der Waals surface area contributed by atoms with Crippen molar-refractivity contribution in [2.75, 3.05) is 0 Å². The standard InChI is InChI=1S/C12H9BrO.C6H7BO2.C6H4BrIO/c13-11-8-10(6-7-12(11)14)9-4-2-1-3-5-9;8-7(9)6-4-2-1-3-5-6;7-5-3-4(8)1-2-6(5)9/h1-8,14H;1-5,8-9H;1-3,9H. The van der Waals surface area contributed by atoms with Gasteiger partial charge in [0.1, 0.15) is 11.5 Å². The van der Waals surface area contributed by atoms with Crippen LogP contribution in [0.25, 0.3) is 11.1 Å². The van der Waals surface area contributed by atoms with E-state index in [0.29, 0.717) is 5.46 Å². The molecule has 4 nitrogen and oxygen atoms in total. The van der Waals surface area contributed by atoms with Gasteiger partial charge < -0.3 is 20.3 Å². The normalized spacial score (nSPS) is 9.66. The zero-order chi connectivity index (χ0) is 23.5. The van der Waals surface area contributed by atoms with E-state index in [0.717, 1.165) is 23.6 Å². The van der Waals surface area contributed by atoms with Crippen LogP contribution in [0.4, 0.5) is 0 Å². The molecule has 8 heteroatoms. The molecule has 0 aromatic heterocycles. The average molecular weight is 670 g/mol. The number of halogens is 3. The van der Waals surface area contributed by atoms with E-state index in [-0.39, 0.29) is 11.5 Å². The van der Waals surface area contributed by atoms with Crippen LogP contribution in [-0.4, -0.2) is 27.4 Å². The number of rotatable bonds is 2. The van der Waals surface area contributed by atoms with Gasteiger partial charge in [0.2, 0.25) is 0 Å². The summed E-state index contributed by atoms with van der Waals surface area (Å²) in [6.45, 7) is 0. The van der Waals surface area contributed by atoms with Crippen molar-refractivity contribution in [2.24, 2.45) is 0 Å². The Morgan fingerprint density at radius 3 is 1.53 bits per heavy atom. The molecule has 0 spiro atoms. The maximum atomic E-state index is 9.34. The summed E-state index contributed by atoms with van der Waals surface area (Å²) in [4.78, 5) is 0. The lowest BCUT2D eigenvalue weighted by Crippen LogP contribution is -2.29. The summed E-state index contributed by atoms with van der Waals surface area (Å²) < 4.78 is 2.57. The minimum absolute atomic E-state index is 0.268. The van der Waals surface area contributed by atoms with E-state index < -0.39 is 7.12 Å². The van der Waals surface area contributed by atoms with Crippen LogP contribution in [0.5, 0.6) is 11.5 Å². The first kappa shape index (κ1) is 26.4. The number of phenols is 2. The Labute approximate surface area is 218 Å². The van der Waals surface area contributed by atoms with Crippen molar-refractivity contribution in [3.05, 3.63) is 110 Å². The fourth-order valence-corrected chi connectivity index (χ4v) is 4.10. The lowest BCUT2D eigenvalue weighted by atomic mass is 9.81. The molecule has 0 saturated heterocycles. The van der Waals surface area contributed by atoms with Crippen LogP contribution in [0.3, 0.4) is 0 Å². The number of aromatic hydroxyl groups is 2. The molecule has 0 radical (unpaired) electrons. The minimum Gasteiger partial charge on any atom is -0.507 e. The van der Waals surface area contributed by atoms with Crippen molar-refractivity contribution in [1.29, 1.82) is 0 Å². The second-order valence-electron chi connectivity index (χ2n) is 6.41. The lowest BCUT2D eigenvalue weighted by Gasteiger charge is -2.03. The molecular formula is C24H20BBr2IO4. The Kier molecular flexibility index (Phi) is 11.3. The third kappa shape index (κ3) is 8.95. The van der Waals surface area contributed by atoms with Gasteiger partial charge in [-0.05, 0) is 101 Å². The first-order valence-electron chi connectivity index (χ1n) is 9.37. The van der Waals surface area contributed by atoms with Crippen LogP contribution in [0.15, 0.2) is 106 Å². The maximum Gasteiger partial charge on any atom is 0.488 e. The third-order valence-corrected chi connectivity index (χ3v) is 6.00. The van der Waals surface area contributed by atoms with Crippen LogP contribution >= 0.6 is 54.5 Å². The van der Waals surface area contributed by atoms with E-state index in [1.54, 1.807) is 36.4 Å². The zero-order valence-corrected chi connectivity index (χ0v) is 22.1. The molecule has 0 unspecified atom stereocenters. The van der Waals surface area contributed by atoms with Gasteiger partial charge in [-0.2, -0.15) is 0 Å². The van der Waals surface area contributed by atoms with Crippen molar-refractivity contribution < 1.29 is 20.3 Å². The van der Waals surface area contributed by atoms with Gasteiger partial charge in [0, 0.05) is 3.57 Å². The second kappa shape index (κ2) is 13.6. The summed E-state index contributed by atoms with van der Waals surface area (Å²) >= 11 is 8.67. The SMILES string of the molecule is OB(O)c1ccccc1.Oc1ccc(-c2ccccc2)cc1Br.Oc1ccc(I)cc1Br. The highest BCUT2D eigenvalue weighted by Gasteiger charge is 2.07. The first-order chi connectivity index (χ1) is 15.3. The third-order valence-electron chi connectivity index (χ3n) is 4.06. The first-order valence-corrected chi connectivity index (χ1v) is 12.0. The largest absolute Gasteiger partial charge is 0.507 e. The summed E-state index contributed by atoms with van der Waals surface area (Å²) in [6.07, 6.45) is 0. The Hall–Kier alpha value is -1.85. The van der Waals surface area contributed by atoms with Gasteiger partial charge in [0.15, 0.2) is 0 Å². The van der Waals surface area contributed by atoms with E-state index in [9.17, 15) is 5.11 Å². The molecule has 32 heavy (non-hydrogen) atoms. The molecule has 0 aliphatic carbocycles. The summed E-state index contributed by atoms with van der Waals surface area (Å²) in [6, 6.07) is 29.6. The fraction of sp³-hybridized carbons (Fsp3) is 0. The van der Waals surface area contributed by atoms with Crippen LogP contribution in [-0.2, 0) is 0 Å². The quantitative estimate of drug-likeness (QED) is 0.157. The number of hydrogen-bond donors (Lipinski definition) is 4. The zero-order valence-electron chi connectivity index (χ0n) is 16.7. The topological polar surface area (TPSA) is 80.9 Å². The molecule has 4 aromatic rings. The van der Waals surface area contributed by atoms with E-state index in [2.05, 4.69) is 54.5 Å². The van der Waals surface area contributed by atoms with Crippen molar-refractivity contribution in [3.8, 4) is 22.6 Å². The van der Waals surface area contributed by atoms with Crippen LogP contribution in [0, 0.1) is 3.57 Å². The number of hydrogen-bond acceptors (Lipinski definition) is 4. The Bertz CT molecular complexity index is 1110. The highest BCUT2D eigenvalue weighted by Crippen LogP contribution is 2.29. The molecule has 0 aliphatic heterocycles. The Balaban J connectivity index is 0.000000178. The van der Waals surface area contributed by atoms with Crippen molar-refractivity contribution >= 4 is 67.0 Å². The van der Waals surface area contributed by atoms with Crippen LogP contribution in [0.1, 0.15) is 0 Å². The molecule has 0 amide bonds. The van der Waals surface area contributed by atoms with Crippen LogP contribution < -0.4 is 5.46 Å². The molecular weight excluding hydrogens is 650 g/mol. The molecule has 0 heterocycles. The smallest absolute Gasteiger partial charge is 0.488 e. The van der Waals surface area contributed by atoms with Crippen LogP contribution in [0.2, 0.25) is 0 Å². The molecule has 0 aliphatic rings. The summed E-state index contributed by atoms with van der Waals surface area (Å²) in [5.41, 5.74) is 2.76. The summed E-state index contributed by atoms with van der Waals surface area (Å²) in [5.74, 6) is 0.556. The number of benzene rings is 4. The highest BCUT2D eigenvalue weighted by molar-refractivity contribution is 14.1. The lowest BCUT2D eigenvalue weighted by molar-refractivity contribution is 0.426. The van der Waals surface area contributed by atoms with Gasteiger partial charge in [-0.15, -0.1) is 0 Å². The predicted molar refractivity (Wildman–Crippen MR) is 146 cm³/mol. The minimum atomic E-state index is -1.34. The van der Waals surface area contributed by atoms with E-state index in [4.69, 9.17) is 15.2 Å². The van der Waals surface area contributed by atoms with E-state index in [1.807, 2.05) is 60.7 Å². The van der Waals surface area contributed by atoms with Gasteiger partial charge in [-0.1, -0.05) is 66.7 Å². The molecule has 0 fully saturated rings. The Morgan fingerprint density at radius 2 is 1.09 bits per heavy atom. The molecule has 164 valence electrons. The van der Waals surface area contributed by atoms with E-state index in [1.165, 1.54) is 0 Å². The van der Waals surface area contributed by atoms with Crippen molar-refractivity contribution in [3.63, 3.8) is 0 Å². The molecule has 0 saturated carbocycles. The van der Waals surface area contributed by atoms with Gasteiger partial charge in [-0.3, -0.25) is 0 Å². The predicted octanol–water partition coefficient (Wildman–Crippen LogP) is 5.95. The van der Waals surface area contributed by atoms with E-state index >= 15 is 0 Å². The monoisotopic (exact) mass is 668 g/mol. The van der Waals surface area contributed by atoms with Gasteiger partial charge in [0.05, 0.1) is 8.95 Å². The van der Waals surface area contributed by atoms with Gasteiger partial charge >= 0.3 is 7.12 Å². The summed E-state index contributed by atoms with van der Waals surface area (Å²) in [7, 11) is -1.34. The maximum absolute atomic E-state index is 9.34. The fourth-order valence-electron chi connectivity index (χ4n) is 2.42. The van der Waals surface area contributed by atoms with Crippen molar-refractivity contribution in [1.82, 2.24) is 0 Å². The Morgan fingerprint density at radius 1 is 0.594 bits per heavy atom. The number of phenolic OH excluding ortho intramolecular Hbond substituents is 2. The second-order valence-corrected chi connectivity index (χ2v) is 9.37. The molecule has 4 aromatic carbocycles. The highest BCUT2D eigenvalue weighted by atomic mass is 127. The molecule has 4 N–H and O–H groups in total. The van der Waals surface area contributed by atoms with Gasteiger partial charge in [0.25, 0.3) is 0 Å². The van der Waals surface area contributed by atoms with Crippen molar-refractivity contribution in [2.45, 2.75) is 0 Å². The van der Waals surface area contributed by atoms with Gasteiger partial charge in [-0.25, -0.2) is 0 Å². The molecule has 4 rings (SSSR count). The summed E-state index contributed by atoms with van der Waals surface area (Å²) in [5, 5.41) is 35.5. The average Bonchev–Trinajstić information content (AvgIpc) is 2.80. The molecule has 0 atom stereocenters. The molecule has 0 bridgehead atoms.